The van der Waals surface area contributed by atoms with Crippen LogP contribution in [-0.4, -0.2) is 53.7 Å². The molecule has 1 aliphatic rings. The summed E-state index contributed by atoms with van der Waals surface area (Å²) in [5.74, 6) is 0. The van der Waals surface area contributed by atoms with E-state index in [9.17, 15) is 13.2 Å². The lowest BCUT2D eigenvalue weighted by atomic mass is 10.3. The van der Waals surface area contributed by atoms with Crippen LogP contribution in [0.1, 0.15) is 10.7 Å². The lowest BCUT2D eigenvalue weighted by molar-refractivity contribution is -0.149. The van der Waals surface area contributed by atoms with Gasteiger partial charge in [0.1, 0.15) is 5.01 Å². The third-order valence-electron chi connectivity index (χ3n) is 3.03. The Morgan fingerprint density at radius 1 is 1.21 bits per heavy atom. The molecule has 108 valence electrons. The largest absolute Gasteiger partial charge is 0.401 e. The number of hydrogen-bond acceptors (Lipinski definition) is 5. The molecule has 0 spiro atoms. The molecule has 0 amide bonds. The lowest BCUT2D eigenvalue weighted by Crippen LogP contribution is -2.48. The van der Waals surface area contributed by atoms with E-state index in [4.69, 9.17) is 5.73 Å². The molecule has 8 heteroatoms. The molecule has 2 heterocycles. The average molecular weight is 294 g/mol. The van der Waals surface area contributed by atoms with Crippen molar-refractivity contribution in [1.82, 2.24) is 14.8 Å². The minimum absolute atomic E-state index is 0.435. The fraction of sp³-hybridized carbons (Fsp3) is 0.727. The first-order valence-corrected chi connectivity index (χ1v) is 6.99. The third-order valence-corrected chi connectivity index (χ3v) is 3.95. The van der Waals surface area contributed by atoms with Gasteiger partial charge in [-0.25, -0.2) is 4.98 Å². The van der Waals surface area contributed by atoms with E-state index in [-0.39, 0.29) is 0 Å². The van der Waals surface area contributed by atoms with Gasteiger partial charge in [-0.05, 0) is 0 Å². The first kappa shape index (κ1) is 14.7. The summed E-state index contributed by atoms with van der Waals surface area (Å²) in [4.78, 5) is 7.93. The molecule has 4 nitrogen and oxygen atoms in total. The molecule has 0 saturated carbocycles. The first-order chi connectivity index (χ1) is 8.96. The van der Waals surface area contributed by atoms with Crippen molar-refractivity contribution >= 4 is 11.3 Å². The van der Waals surface area contributed by atoms with Gasteiger partial charge in [0.05, 0.1) is 12.2 Å². The van der Waals surface area contributed by atoms with Gasteiger partial charge in [-0.15, -0.1) is 11.3 Å². The normalized spacial score (nSPS) is 18.9. The van der Waals surface area contributed by atoms with E-state index in [0.717, 1.165) is 10.7 Å². The molecule has 2 N–H and O–H groups in total. The van der Waals surface area contributed by atoms with Crippen LogP contribution in [0.25, 0.3) is 0 Å². The highest BCUT2D eigenvalue weighted by molar-refractivity contribution is 7.09. The number of alkyl halides is 3. The minimum atomic E-state index is -4.10. The van der Waals surface area contributed by atoms with Gasteiger partial charge in [0.15, 0.2) is 0 Å². The Labute approximate surface area is 114 Å². The maximum Gasteiger partial charge on any atom is 0.401 e. The molecule has 0 bridgehead atoms. The maximum atomic E-state index is 12.3. The fourth-order valence-electron chi connectivity index (χ4n) is 2.10. The lowest BCUT2D eigenvalue weighted by Gasteiger charge is -2.34. The van der Waals surface area contributed by atoms with Gasteiger partial charge < -0.3 is 5.73 Å². The number of halogens is 3. The maximum absolute atomic E-state index is 12.3. The highest BCUT2D eigenvalue weighted by Crippen LogP contribution is 2.18. The van der Waals surface area contributed by atoms with Crippen LogP contribution in [0.4, 0.5) is 13.2 Å². The fourth-order valence-corrected chi connectivity index (χ4v) is 2.77. The highest BCUT2D eigenvalue weighted by atomic mass is 32.1. The molecular weight excluding hydrogens is 277 g/mol. The zero-order valence-corrected chi connectivity index (χ0v) is 11.3. The number of piperazine rings is 1. The van der Waals surface area contributed by atoms with E-state index < -0.39 is 12.7 Å². The van der Waals surface area contributed by atoms with Crippen molar-refractivity contribution in [3.05, 3.63) is 16.1 Å². The van der Waals surface area contributed by atoms with Crippen LogP contribution < -0.4 is 5.73 Å². The number of nitrogens with two attached hydrogens (primary N) is 1. The Balaban J connectivity index is 1.77. The summed E-state index contributed by atoms with van der Waals surface area (Å²) in [5, 5.41) is 2.86. The van der Waals surface area contributed by atoms with E-state index in [0.29, 0.717) is 39.3 Å². The van der Waals surface area contributed by atoms with Crippen molar-refractivity contribution in [3.63, 3.8) is 0 Å². The van der Waals surface area contributed by atoms with E-state index in [2.05, 4.69) is 9.88 Å². The second-order valence-corrected chi connectivity index (χ2v) is 5.55. The minimum Gasteiger partial charge on any atom is -0.325 e. The van der Waals surface area contributed by atoms with Crippen LogP contribution in [0.3, 0.4) is 0 Å². The number of nitrogens with zero attached hydrogens (tertiary/aromatic N) is 3. The Hall–Kier alpha value is -0.700. The highest BCUT2D eigenvalue weighted by Gasteiger charge is 2.32. The van der Waals surface area contributed by atoms with Gasteiger partial charge >= 0.3 is 6.18 Å². The molecule has 0 aromatic carbocycles. The van der Waals surface area contributed by atoms with Crippen LogP contribution in [0, 0.1) is 0 Å². The summed E-state index contributed by atoms with van der Waals surface area (Å²) in [5.41, 5.74) is 6.45. The SMILES string of the molecule is NCc1nc(CN2CCN(CC(F)(F)F)CC2)cs1. The van der Waals surface area contributed by atoms with Crippen molar-refractivity contribution < 1.29 is 13.2 Å². The molecule has 1 aromatic heterocycles. The Kier molecular flexibility index (Phi) is 4.77. The Bertz CT molecular complexity index is 399. The van der Waals surface area contributed by atoms with Gasteiger partial charge in [-0.2, -0.15) is 13.2 Å². The van der Waals surface area contributed by atoms with Gasteiger partial charge in [-0.3, -0.25) is 9.80 Å². The quantitative estimate of drug-likeness (QED) is 0.909. The zero-order chi connectivity index (χ0) is 13.9. The summed E-state index contributed by atoms with van der Waals surface area (Å²) in [7, 11) is 0. The third kappa shape index (κ3) is 4.72. The van der Waals surface area contributed by atoms with E-state index in [1.807, 2.05) is 5.38 Å². The van der Waals surface area contributed by atoms with E-state index in [1.54, 1.807) is 0 Å². The zero-order valence-electron chi connectivity index (χ0n) is 10.5. The van der Waals surface area contributed by atoms with Gasteiger partial charge in [0.2, 0.25) is 0 Å². The second kappa shape index (κ2) is 6.17. The summed E-state index contributed by atoms with van der Waals surface area (Å²) < 4.78 is 36.8. The number of hydrogen-bond donors (Lipinski definition) is 1. The molecule has 1 aromatic rings. The van der Waals surface area contributed by atoms with Gasteiger partial charge in [0.25, 0.3) is 0 Å². The number of rotatable bonds is 4. The van der Waals surface area contributed by atoms with Crippen LogP contribution in [0.15, 0.2) is 5.38 Å². The second-order valence-electron chi connectivity index (χ2n) is 4.60. The summed E-state index contributed by atoms with van der Waals surface area (Å²) in [6, 6.07) is 0. The molecule has 1 fully saturated rings. The predicted molar refractivity (Wildman–Crippen MR) is 67.8 cm³/mol. The number of thiazole rings is 1. The summed E-state index contributed by atoms with van der Waals surface area (Å²) in [6.07, 6.45) is -4.10. The topological polar surface area (TPSA) is 45.4 Å². The van der Waals surface area contributed by atoms with Crippen LogP contribution in [0.5, 0.6) is 0 Å². The van der Waals surface area contributed by atoms with Gasteiger partial charge in [0, 0.05) is 44.6 Å². The molecule has 0 atom stereocenters. The molecule has 19 heavy (non-hydrogen) atoms. The molecule has 2 rings (SSSR count). The van der Waals surface area contributed by atoms with Crippen LogP contribution in [0.2, 0.25) is 0 Å². The van der Waals surface area contributed by atoms with Crippen molar-refractivity contribution in [2.75, 3.05) is 32.7 Å². The van der Waals surface area contributed by atoms with Crippen molar-refractivity contribution in [1.29, 1.82) is 0 Å². The molecule has 1 saturated heterocycles. The van der Waals surface area contributed by atoms with Crippen LogP contribution >= 0.6 is 11.3 Å². The van der Waals surface area contributed by atoms with E-state index >= 15 is 0 Å². The van der Waals surface area contributed by atoms with Crippen molar-refractivity contribution in [3.8, 4) is 0 Å². The standard InChI is InChI=1S/C11H17F3N4S/c12-11(13,14)8-18-3-1-17(2-4-18)6-9-7-19-10(5-15)16-9/h7H,1-6,8,15H2. The van der Waals surface area contributed by atoms with Crippen molar-refractivity contribution in [2.45, 2.75) is 19.3 Å². The Morgan fingerprint density at radius 2 is 1.84 bits per heavy atom. The summed E-state index contributed by atoms with van der Waals surface area (Å²) in [6.45, 7) is 2.51. The Morgan fingerprint density at radius 3 is 2.37 bits per heavy atom. The summed E-state index contributed by atoms with van der Waals surface area (Å²) >= 11 is 1.52. The molecule has 0 aliphatic carbocycles. The number of aromatic nitrogens is 1. The predicted octanol–water partition coefficient (Wildman–Crippen LogP) is 1.28. The monoisotopic (exact) mass is 294 g/mol. The average Bonchev–Trinajstić information content (AvgIpc) is 2.77. The van der Waals surface area contributed by atoms with E-state index in [1.165, 1.54) is 16.2 Å². The molecule has 1 aliphatic heterocycles. The first-order valence-electron chi connectivity index (χ1n) is 6.11. The van der Waals surface area contributed by atoms with Crippen LogP contribution in [-0.2, 0) is 13.1 Å². The molecular formula is C11H17F3N4S. The van der Waals surface area contributed by atoms with Gasteiger partial charge in [-0.1, -0.05) is 0 Å². The molecule has 0 unspecified atom stereocenters. The smallest absolute Gasteiger partial charge is 0.325 e. The molecule has 0 radical (unpaired) electrons. The van der Waals surface area contributed by atoms with Crippen molar-refractivity contribution in [2.24, 2.45) is 5.73 Å².